The molecule has 0 aliphatic carbocycles. The Morgan fingerprint density at radius 3 is 2.67 bits per heavy atom. The lowest BCUT2D eigenvalue weighted by molar-refractivity contribution is -0.134. The van der Waals surface area contributed by atoms with Crippen molar-refractivity contribution in [1.29, 1.82) is 0 Å². The molecule has 27 heavy (non-hydrogen) atoms. The van der Waals surface area contributed by atoms with Gasteiger partial charge in [-0.2, -0.15) is 0 Å². The molecule has 146 valence electrons. The van der Waals surface area contributed by atoms with Crippen LogP contribution in [0.1, 0.15) is 51.4 Å². The van der Waals surface area contributed by atoms with Crippen molar-refractivity contribution in [3.05, 3.63) is 23.7 Å². The number of hydrogen-bond donors (Lipinski definition) is 0. The van der Waals surface area contributed by atoms with Crippen LogP contribution in [0.5, 0.6) is 0 Å². The first-order valence-corrected chi connectivity index (χ1v) is 10.2. The lowest BCUT2D eigenvalue weighted by Gasteiger charge is -2.35. The van der Waals surface area contributed by atoms with E-state index in [9.17, 15) is 4.79 Å². The first kappa shape index (κ1) is 19.5. The number of pyridine rings is 1. The zero-order valence-corrected chi connectivity index (χ0v) is 17.0. The molecule has 2 aromatic heterocycles. The van der Waals surface area contributed by atoms with Crippen LogP contribution in [0, 0.1) is 5.92 Å². The van der Waals surface area contributed by atoms with E-state index >= 15 is 0 Å². The van der Waals surface area contributed by atoms with E-state index in [2.05, 4.69) is 41.7 Å². The summed E-state index contributed by atoms with van der Waals surface area (Å²) < 4.78 is 0. The Hall–Kier alpha value is -2.24. The average Bonchev–Trinajstić information content (AvgIpc) is 2.71. The highest BCUT2D eigenvalue weighted by Gasteiger charge is 2.28. The van der Waals surface area contributed by atoms with Gasteiger partial charge in [-0.1, -0.05) is 20.8 Å². The van der Waals surface area contributed by atoms with Crippen molar-refractivity contribution in [3.8, 4) is 0 Å². The normalized spacial score (nSPS) is 17.3. The van der Waals surface area contributed by atoms with Crippen molar-refractivity contribution in [3.63, 3.8) is 0 Å². The molecule has 0 aromatic carbocycles. The van der Waals surface area contributed by atoms with E-state index in [1.165, 1.54) is 0 Å². The van der Waals surface area contributed by atoms with Gasteiger partial charge in [0, 0.05) is 26.7 Å². The molecular formula is C21H31N5O. The second-order valence-corrected chi connectivity index (χ2v) is 7.41. The number of rotatable bonds is 6. The van der Waals surface area contributed by atoms with Crippen LogP contribution in [-0.4, -0.2) is 52.4 Å². The minimum Gasteiger partial charge on any atom is -0.369 e. The van der Waals surface area contributed by atoms with E-state index < -0.39 is 0 Å². The molecule has 0 bridgehead atoms. The third-order valence-electron chi connectivity index (χ3n) is 5.40. The van der Waals surface area contributed by atoms with Crippen LogP contribution >= 0.6 is 0 Å². The lowest BCUT2D eigenvalue weighted by Crippen LogP contribution is -2.44. The maximum absolute atomic E-state index is 12.7. The molecule has 0 saturated carbocycles. The zero-order chi connectivity index (χ0) is 19.4. The third-order valence-corrected chi connectivity index (χ3v) is 5.40. The number of aryl methyl sites for hydroxylation is 2. The van der Waals surface area contributed by atoms with E-state index in [-0.39, 0.29) is 11.8 Å². The number of amides is 1. The van der Waals surface area contributed by atoms with Crippen molar-refractivity contribution >= 4 is 22.8 Å². The van der Waals surface area contributed by atoms with E-state index in [0.29, 0.717) is 5.65 Å². The summed E-state index contributed by atoms with van der Waals surface area (Å²) >= 11 is 0. The van der Waals surface area contributed by atoms with Crippen molar-refractivity contribution < 1.29 is 4.79 Å². The SMILES string of the molecule is CCCN(C)C(=O)[C@H]1CCCN(c2cnc3nc(CC)c(CC)nc3c2)C1. The molecule has 1 saturated heterocycles. The topological polar surface area (TPSA) is 62.2 Å². The highest BCUT2D eigenvalue weighted by molar-refractivity contribution is 5.80. The molecule has 1 fully saturated rings. The summed E-state index contributed by atoms with van der Waals surface area (Å²) in [5.74, 6) is 0.321. The molecule has 6 nitrogen and oxygen atoms in total. The first-order valence-electron chi connectivity index (χ1n) is 10.2. The fourth-order valence-corrected chi connectivity index (χ4v) is 3.92. The van der Waals surface area contributed by atoms with Crippen molar-refractivity contribution in [1.82, 2.24) is 19.9 Å². The van der Waals surface area contributed by atoms with Gasteiger partial charge < -0.3 is 9.80 Å². The Balaban J connectivity index is 1.82. The predicted octanol–water partition coefficient (Wildman–Crippen LogP) is 3.23. The molecule has 3 heterocycles. The summed E-state index contributed by atoms with van der Waals surface area (Å²) in [6.45, 7) is 8.84. The number of carbonyl (C=O) groups excluding carboxylic acids is 1. The van der Waals surface area contributed by atoms with Gasteiger partial charge in [0.15, 0.2) is 5.65 Å². The van der Waals surface area contributed by atoms with Crippen LogP contribution in [0.2, 0.25) is 0 Å². The molecule has 1 atom stereocenters. The Morgan fingerprint density at radius 2 is 1.96 bits per heavy atom. The summed E-state index contributed by atoms with van der Waals surface area (Å²) in [6.07, 6.45) is 6.60. The molecule has 0 radical (unpaired) electrons. The Bertz CT molecular complexity index is 807. The highest BCUT2D eigenvalue weighted by Crippen LogP contribution is 2.26. The van der Waals surface area contributed by atoms with Gasteiger partial charge in [0.2, 0.25) is 5.91 Å². The minimum absolute atomic E-state index is 0.0609. The maximum atomic E-state index is 12.7. The van der Waals surface area contributed by atoms with Crippen LogP contribution in [0.15, 0.2) is 12.3 Å². The summed E-state index contributed by atoms with van der Waals surface area (Å²) in [5, 5.41) is 0. The van der Waals surface area contributed by atoms with Crippen molar-refractivity contribution in [2.24, 2.45) is 5.92 Å². The van der Waals surface area contributed by atoms with Gasteiger partial charge in [-0.15, -0.1) is 0 Å². The van der Waals surface area contributed by atoms with Gasteiger partial charge in [-0.3, -0.25) is 4.79 Å². The molecule has 0 spiro atoms. The first-order chi connectivity index (χ1) is 13.1. The van der Waals surface area contributed by atoms with E-state index in [1.54, 1.807) is 0 Å². The van der Waals surface area contributed by atoms with E-state index in [4.69, 9.17) is 4.98 Å². The number of aromatic nitrogens is 3. The quantitative estimate of drug-likeness (QED) is 0.782. The van der Waals surface area contributed by atoms with Crippen LogP contribution in [-0.2, 0) is 17.6 Å². The average molecular weight is 370 g/mol. The lowest BCUT2D eigenvalue weighted by atomic mass is 9.96. The van der Waals surface area contributed by atoms with Gasteiger partial charge in [-0.05, 0) is 38.2 Å². The van der Waals surface area contributed by atoms with Crippen LogP contribution in [0.4, 0.5) is 5.69 Å². The molecule has 1 aliphatic heterocycles. The monoisotopic (exact) mass is 369 g/mol. The van der Waals surface area contributed by atoms with Gasteiger partial charge in [-0.25, -0.2) is 15.0 Å². The molecular weight excluding hydrogens is 338 g/mol. The smallest absolute Gasteiger partial charge is 0.227 e. The van der Waals surface area contributed by atoms with E-state index in [1.807, 2.05) is 18.1 Å². The van der Waals surface area contributed by atoms with Crippen LogP contribution in [0.3, 0.4) is 0 Å². The maximum Gasteiger partial charge on any atom is 0.227 e. The summed E-state index contributed by atoms with van der Waals surface area (Å²) in [4.78, 5) is 30.9. The number of fused-ring (bicyclic) bond motifs is 1. The van der Waals surface area contributed by atoms with Crippen LogP contribution < -0.4 is 4.90 Å². The Kier molecular flexibility index (Phi) is 6.24. The largest absolute Gasteiger partial charge is 0.369 e. The van der Waals surface area contributed by atoms with Crippen LogP contribution in [0.25, 0.3) is 11.2 Å². The van der Waals surface area contributed by atoms with E-state index in [0.717, 1.165) is 74.3 Å². The second-order valence-electron chi connectivity index (χ2n) is 7.41. The molecule has 2 aromatic rings. The molecule has 0 unspecified atom stereocenters. The van der Waals surface area contributed by atoms with Crippen molar-refractivity contribution in [2.75, 3.05) is 31.6 Å². The zero-order valence-electron chi connectivity index (χ0n) is 17.0. The highest BCUT2D eigenvalue weighted by atomic mass is 16.2. The Morgan fingerprint density at radius 1 is 1.22 bits per heavy atom. The minimum atomic E-state index is 0.0609. The van der Waals surface area contributed by atoms with Gasteiger partial charge in [0.25, 0.3) is 0 Å². The standard InChI is InChI=1S/C21H31N5O/c1-5-10-25(4)21(27)15-9-8-11-26(14-15)16-12-19-20(22-13-16)24-18(7-3)17(6-2)23-19/h12-13,15H,5-11,14H2,1-4H3/t15-/m0/s1. The molecule has 3 rings (SSSR count). The fraction of sp³-hybridized carbons (Fsp3) is 0.619. The molecule has 1 aliphatic rings. The Labute approximate surface area is 162 Å². The number of carbonyl (C=O) groups is 1. The fourth-order valence-electron chi connectivity index (χ4n) is 3.92. The van der Waals surface area contributed by atoms with Crippen molar-refractivity contribution in [2.45, 2.75) is 52.9 Å². The van der Waals surface area contributed by atoms with Gasteiger partial charge in [0.1, 0.15) is 5.52 Å². The third kappa shape index (κ3) is 4.20. The summed E-state index contributed by atoms with van der Waals surface area (Å²) in [5.41, 5.74) is 4.68. The number of hydrogen-bond acceptors (Lipinski definition) is 5. The second kappa shape index (κ2) is 8.63. The summed E-state index contributed by atoms with van der Waals surface area (Å²) in [6, 6.07) is 2.08. The molecule has 6 heteroatoms. The molecule has 1 amide bonds. The molecule has 0 N–H and O–H groups in total. The number of anilines is 1. The number of nitrogens with zero attached hydrogens (tertiary/aromatic N) is 5. The number of piperidine rings is 1. The summed E-state index contributed by atoms with van der Waals surface area (Å²) in [7, 11) is 1.91. The van der Waals surface area contributed by atoms with Gasteiger partial charge in [0.05, 0.1) is 29.2 Å². The van der Waals surface area contributed by atoms with Gasteiger partial charge >= 0.3 is 0 Å². The predicted molar refractivity (Wildman–Crippen MR) is 109 cm³/mol.